The van der Waals surface area contributed by atoms with E-state index in [4.69, 9.17) is 0 Å². The lowest BCUT2D eigenvalue weighted by Gasteiger charge is -2.32. The Labute approximate surface area is 173 Å². The molecule has 7 heteroatoms. The molecule has 30 heavy (non-hydrogen) atoms. The Balaban J connectivity index is 1.41. The molecule has 1 aliphatic heterocycles. The van der Waals surface area contributed by atoms with Gasteiger partial charge in [0, 0.05) is 36.4 Å². The van der Waals surface area contributed by atoms with Gasteiger partial charge in [-0.1, -0.05) is 18.7 Å². The maximum Gasteiger partial charge on any atom is 0.253 e. The number of H-pyrrole nitrogens is 1. The molecule has 2 aromatic heterocycles. The number of likely N-dealkylation sites (tertiary alicyclic amines) is 1. The number of fused-ring (bicyclic) bond motifs is 1. The average Bonchev–Trinajstić information content (AvgIpc) is 3.23. The third-order valence-corrected chi connectivity index (χ3v) is 5.61. The highest BCUT2D eigenvalue weighted by Crippen LogP contribution is 2.34. The first-order chi connectivity index (χ1) is 14.6. The van der Waals surface area contributed by atoms with Gasteiger partial charge in [0.2, 0.25) is 5.91 Å². The van der Waals surface area contributed by atoms with Gasteiger partial charge in [-0.05, 0) is 48.6 Å². The lowest BCUT2D eigenvalue weighted by atomic mass is 9.89. The summed E-state index contributed by atoms with van der Waals surface area (Å²) in [5.74, 6) is -0.291. The maximum absolute atomic E-state index is 14.0. The number of aromatic nitrogens is 2. The van der Waals surface area contributed by atoms with Crippen LogP contribution >= 0.6 is 0 Å². The van der Waals surface area contributed by atoms with E-state index in [2.05, 4.69) is 21.9 Å². The van der Waals surface area contributed by atoms with Gasteiger partial charge in [0.15, 0.2) is 0 Å². The fourth-order valence-corrected chi connectivity index (χ4v) is 4.01. The Morgan fingerprint density at radius 2 is 2.10 bits per heavy atom. The number of carbonyl (C=O) groups excluding carboxylic acids is 2. The zero-order chi connectivity index (χ0) is 21.1. The normalized spacial score (nSPS) is 14.6. The van der Waals surface area contributed by atoms with E-state index < -0.39 is 0 Å². The van der Waals surface area contributed by atoms with Crippen molar-refractivity contribution in [3.05, 3.63) is 78.0 Å². The minimum absolute atomic E-state index is 0.0443. The van der Waals surface area contributed by atoms with Gasteiger partial charge >= 0.3 is 0 Å². The summed E-state index contributed by atoms with van der Waals surface area (Å²) in [6.45, 7) is 4.92. The predicted molar refractivity (Wildman–Crippen MR) is 112 cm³/mol. The Hall–Kier alpha value is -3.48. The first kappa shape index (κ1) is 19.8. The minimum atomic E-state index is -0.284. The molecule has 0 radical (unpaired) electrons. The molecule has 0 saturated carbocycles. The van der Waals surface area contributed by atoms with Crippen molar-refractivity contribution in [3.8, 4) is 0 Å². The van der Waals surface area contributed by atoms with Crippen LogP contribution in [0.4, 0.5) is 4.39 Å². The lowest BCUT2D eigenvalue weighted by Crippen LogP contribution is -2.38. The van der Waals surface area contributed by atoms with E-state index in [1.807, 2.05) is 17.2 Å². The third-order valence-electron chi connectivity index (χ3n) is 5.61. The lowest BCUT2D eigenvalue weighted by molar-refractivity contribution is -0.116. The molecule has 0 unspecified atom stereocenters. The molecule has 1 fully saturated rings. The van der Waals surface area contributed by atoms with Gasteiger partial charge in [0.25, 0.3) is 5.91 Å². The summed E-state index contributed by atoms with van der Waals surface area (Å²) < 4.78 is 14.0. The number of piperidine rings is 1. The molecule has 154 valence electrons. The second kappa shape index (κ2) is 8.49. The second-order valence-electron chi connectivity index (χ2n) is 7.43. The molecule has 3 heterocycles. The van der Waals surface area contributed by atoms with Crippen LogP contribution < -0.4 is 5.32 Å². The molecule has 0 bridgehead atoms. The molecule has 0 aliphatic carbocycles. The van der Waals surface area contributed by atoms with E-state index in [0.29, 0.717) is 29.9 Å². The molecule has 3 aromatic rings. The topological polar surface area (TPSA) is 78.1 Å². The summed E-state index contributed by atoms with van der Waals surface area (Å²) in [6, 6.07) is 8.52. The van der Waals surface area contributed by atoms with Gasteiger partial charge in [-0.25, -0.2) is 4.39 Å². The van der Waals surface area contributed by atoms with E-state index in [0.717, 1.165) is 23.8 Å². The number of aromatic amines is 1. The standard InChI is InChI=1S/C23H23FN4O2/c1-2-21(29)26-13-17-12-16(6-9-25-17)23(30)28-10-7-15(8-11-28)19-14-27-22-18(19)4-3-5-20(22)24/h2-6,9,12,14-15,27H,1,7-8,10-11,13H2,(H,26,29). The van der Waals surface area contributed by atoms with Crippen molar-refractivity contribution >= 4 is 22.7 Å². The van der Waals surface area contributed by atoms with Crippen LogP contribution in [0.15, 0.2) is 55.4 Å². The number of halogens is 1. The number of nitrogens with zero attached hydrogens (tertiary/aromatic N) is 2. The van der Waals surface area contributed by atoms with Crippen LogP contribution in [0.2, 0.25) is 0 Å². The van der Waals surface area contributed by atoms with Crippen LogP contribution in [0.1, 0.15) is 40.4 Å². The van der Waals surface area contributed by atoms with E-state index in [9.17, 15) is 14.0 Å². The van der Waals surface area contributed by atoms with Crippen molar-refractivity contribution in [1.82, 2.24) is 20.2 Å². The molecule has 0 atom stereocenters. The number of hydrogen-bond acceptors (Lipinski definition) is 3. The zero-order valence-corrected chi connectivity index (χ0v) is 16.5. The first-order valence-electron chi connectivity index (χ1n) is 9.97. The van der Waals surface area contributed by atoms with Crippen molar-refractivity contribution in [3.63, 3.8) is 0 Å². The average molecular weight is 406 g/mol. The Morgan fingerprint density at radius 1 is 1.30 bits per heavy atom. The zero-order valence-electron chi connectivity index (χ0n) is 16.5. The summed E-state index contributed by atoms with van der Waals surface area (Å²) in [5, 5.41) is 3.58. The highest BCUT2D eigenvalue weighted by molar-refractivity contribution is 5.94. The number of nitrogens with one attached hydrogen (secondary N) is 2. The van der Waals surface area contributed by atoms with Crippen molar-refractivity contribution in [1.29, 1.82) is 0 Å². The minimum Gasteiger partial charge on any atom is -0.359 e. The van der Waals surface area contributed by atoms with Crippen molar-refractivity contribution in [2.45, 2.75) is 25.3 Å². The van der Waals surface area contributed by atoms with E-state index >= 15 is 0 Å². The van der Waals surface area contributed by atoms with Gasteiger partial charge in [0.05, 0.1) is 17.8 Å². The number of carbonyl (C=O) groups is 2. The Morgan fingerprint density at radius 3 is 2.87 bits per heavy atom. The van der Waals surface area contributed by atoms with Gasteiger partial charge in [-0.2, -0.15) is 0 Å². The number of hydrogen-bond donors (Lipinski definition) is 2. The number of rotatable bonds is 5. The van der Waals surface area contributed by atoms with Crippen molar-refractivity contribution < 1.29 is 14.0 Å². The molecule has 4 rings (SSSR count). The van der Waals surface area contributed by atoms with Gasteiger partial charge < -0.3 is 15.2 Å². The number of para-hydroxylation sites is 1. The highest BCUT2D eigenvalue weighted by Gasteiger charge is 2.26. The molecule has 0 spiro atoms. The molecular formula is C23H23FN4O2. The molecule has 1 aliphatic rings. The monoisotopic (exact) mass is 406 g/mol. The number of amides is 2. The summed E-state index contributed by atoms with van der Waals surface area (Å²) in [7, 11) is 0. The Kier molecular flexibility index (Phi) is 5.61. The smallest absolute Gasteiger partial charge is 0.253 e. The molecular weight excluding hydrogens is 383 g/mol. The second-order valence-corrected chi connectivity index (χ2v) is 7.43. The molecule has 2 N–H and O–H groups in total. The van der Waals surface area contributed by atoms with Gasteiger partial charge in [-0.3, -0.25) is 14.6 Å². The van der Waals surface area contributed by atoms with E-state index in [1.54, 1.807) is 24.4 Å². The van der Waals surface area contributed by atoms with Crippen LogP contribution in [-0.4, -0.2) is 39.8 Å². The largest absolute Gasteiger partial charge is 0.359 e. The SMILES string of the molecule is C=CC(=O)NCc1cc(C(=O)N2CCC(c3c[nH]c4c(F)cccc34)CC2)ccn1. The molecule has 1 aromatic carbocycles. The van der Waals surface area contributed by atoms with E-state index in [1.165, 1.54) is 12.1 Å². The molecule has 1 saturated heterocycles. The van der Waals surface area contributed by atoms with Crippen LogP contribution in [0.3, 0.4) is 0 Å². The quantitative estimate of drug-likeness (QED) is 0.637. The van der Waals surface area contributed by atoms with Crippen LogP contribution in [0.5, 0.6) is 0 Å². The van der Waals surface area contributed by atoms with Crippen LogP contribution in [-0.2, 0) is 11.3 Å². The van der Waals surface area contributed by atoms with Gasteiger partial charge in [-0.15, -0.1) is 0 Å². The summed E-state index contributed by atoms with van der Waals surface area (Å²) in [4.78, 5) is 33.3. The summed E-state index contributed by atoms with van der Waals surface area (Å²) in [6.07, 6.45) is 6.31. The van der Waals surface area contributed by atoms with E-state index in [-0.39, 0.29) is 30.1 Å². The number of pyridine rings is 1. The van der Waals surface area contributed by atoms with Crippen LogP contribution in [0, 0.1) is 5.82 Å². The first-order valence-corrected chi connectivity index (χ1v) is 9.97. The van der Waals surface area contributed by atoms with Crippen LogP contribution in [0.25, 0.3) is 10.9 Å². The third kappa shape index (κ3) is 3.96. The maximum atomic E-state index is 14.0. The summed E-state index contributed by atoms with van der Waals surface area (Å²) >= 11 is 0. The van der Waals surface area contributed by atoms with Gasteiger partial charge in [0.1, 0.15) is 5.82 Å². The predicted octanol–water partition coefficient (Wildman–Crippen LogP) is 3.52. The van der Waals surface area contributed by atoms with Crippen molar-refractivity contribution in [2.24, 2.45) is 0 Å². The molecule has 2 amide bonds. The highest BCUT2D eigenvalue weighted by atomic mass is 19.1. The number of benzene rings is 1. The fourth-order valence-electron chi connectivity index (χ4n) is 4.01. The Bertz CT molecular complexity index is 1100. The fraction of sp³-hybridized carbons (Fsp3) is 0.261. The molecule has 6 nitrogen and oxygen atoms in total. The summed E-state index contributed by atoms with van der Waals surface area (Å²) in [5.41, 5.74) is 2.83. The van der Waals surface area contributed by atoms with Crippen molar-refractivity contribution in [2.75, 3.05) is 13.1 Å².